The topological polar surface area (TPSA) is 69.0 Å². The van der Waals surface area contributed by atoms with Gasteiger partial charge in [0.1, 0.15) is 0 Å². The predicted octanol–water partition coefficient (Wildman–Crippen LogP) is 1.45. The van der Waals surface area contributed by atoms with Gasteiger partial charge in [0.25, 0.3) is 5.78 Å². The Bertz CT molecular complexity index is 561. The van der Waals surface area contributed by atoms with E-state index in [1.165, 1.54) is 13.8 Å². The Morgan fingerprint density at radius 1 is 1.42 bits per heavy atom. The second-order valence-electron chi connectivity index (χ2n) is 4.23. The maximum absolute atomic E-state index is 12.1. The Hall–Kier alpha value is -1.38. The molecule has 0 aromatic carbocycles. The summed E-state index contributed by atoms with van der Waals surface area (Å²) in [4.78, 5) is 10.9. The van der Waals surface area contributed by atoms with Crippen LogP contribution in [-0.4, -0.2) is 41.2 Å². The number of alkyl halides is 3. The van der Waals surface area contributed by atoms with Gasteiger partial charge in [0.15, 0.2) is 9.84 Å². The molecule has 0 spiro atoms. The van der Waals surface area contributed by atoms with Gasteiger partial charge < -0.3 is 0 Å². The molecule has 19 heavy (non-hydrogen) atoms. The van der Waals surface area contributed by atoms with Gasteiger partial charge in [-0.05, 0) is 13.8 Å². The number of carbonyl (C=O) groups excluding carboxylic acids is 1. The Labute approximate surface area is 108 Å². The third-order valence-corrected chi connectivity index (χ3v) is 4.66. The summed E-state index contributed by atoms with van der Waals surface area (Å²) in [6.45, 7) is 2.93. The summed E-state index contributed by atoms with van der Waals surface area (Å²) in [7, 11) is -3.30. The summed E-state index contributed by atoms with van der Waals surface area (Å²) < 4.78 is 60.5. The molecule has 9 heteroatoms. The summed E-state index contributed by atoms with van der Waals surface area (Å²) in [5.74, 6) is -2.24. The van der Waals surface area contributed by atoms with Crippen LogP contribution < -0.4 is 0 Å². The van der Waals surface area contributed by atoms with Crippen LogP contribution in [0.1, 0.15) is 24.2 Å². The number of carbonyl (C=O) groups is 1. The molecule has 0 radical (unpaired) electrons. The number of hydrogen-bond acceptors (Lipinski definition) is 4. The Kier molecular flexibility index (Phi) is 4.39. The van der Waals surface area contributed by atoms with Gasteiger partial charge >= 0.3 is 6.18 Å². The molecule has 0 bridgehead atoms. The SMILES string of the molecule is CC(C)S(=O)(=O)CCn1cc(C(=O)C(F)(F)F)cn1. The highest BCUT2D eigenvalue weighted by molar-refractivity contribution is 7.91. The van der Waals surface area contributed by atoms with Crippen LogP contribution in [0.2, 0.25) is 0 Å². The minimum absolute atomic E-state index is 0.0916. The first-order valence-corrected chi connectivity index (χ1v) is 7.11. The molecule has 0 saturated heterocycles. The second-order valence-corrected chi connectivity index (χ2v) is 6.91. The molecule has 0 atom stereocenters. The van der Waals surface area contributed by atoms with Crippen LogP contribution >= 0.6 is 0 Å². The highest BCUT2D eigenvalue weighted by Crippen LogP contribution is 2.20. The zero-order valence-electron chi connectivity index (χ0n) is 10.3. The molecule has 0 aliphatic carbocycles. The Balaban J connectivity index is 2.75. The van der Waals surface area contributed by atoms with Crippen molar-refractivity contribution in [2.24, 2.45) is 0 Å². The number of sulfone groups is 1. The molecule has 1 heterocycles. The van der Waals surface area contributed by atoms with E-state index in [0.29, 0.717) is 0 Å². The third kappa shape index (κ3) is 4.05. The number of halogens is 3. The first-order chi connectivity index (χ1) is 8.54. The quantitative estimate of drug-likeness (QED) is 0.772. The molecule has 0 aliphatic heterocycles. The number of nitrogens with zero attached hydrogens (tertiary/aromatic N) is 2. The lowest BCUT2D eigenvalue weighted by molar-refractivity contribution is -0.0885. The molecule has 108 valence electrons. The van der Waals surface area contributed by atoms with Crippen molar-refractivity contribution in [3.8, 4) is 0 Å². The lowest BCUT2D eigenvalue weighted by Crippen LogP contribution is -2.22. The van der Waals surface area contributed by atoms with Crippen molar-refractivity contribution in [1.29, 1.82) is 0 Å². The Morgan fingerprint density at radius 3 is 2.47 bits per heavy atom. The number of hydrogen-bond donors (Lipinski definition) is 0. The Morgan fingerprint density at radius 2 is 2.00 bits per heavy atom. The van der Waals surface area contributed by atoms with E-state index in [2.05, 4.69) is 5.10 Å². The van der Waals surface area contributed by atoms with Gasteiger partial charge in [-0.25, -0.2) is 8.42 Å². The molecule has 0 aliphatic rings. The molecule has 0 N–H and O–H groups in total. The second kappa shape index (κ2) is 5.32. The van der Waals surface area contributed by atoms with Crippen molar-refractivity contribution >= 4 is 15.6 Å². The molecule has 0 unspecified atom stereocenters. The molecule has 5 nitrogen and oxygen atoms in total. The average Bonchev–Trinajstić information content (AvgIpc) is 2.72. The number of rotatable bonds is 5. The fourth-order valence-corrected chi connectivity index (χ4v) is 2.14. The number of Topliss-reactive ketones (excluding diaryl/α,β-unsaturated/α-hetero) is 1. The van der Waals surface area contributed by atoms with Crippen molar-refractivity contribution in [1.82, 2.24) is 9.78 Å². The van der Waals surface area contributed by atoms with E-state index in [-0.39, 0.29) is 12.3 Å². The van der Waals surface area contributed by atoms with Crippen LogP contribution in [0.5, 0.6) is 0 Å². The van der Waals surface area contributed by atoms with E-state index in [1.807, 2.05) is 0 Å². The van der Waals surface area contributed by atoms with E-state index < -0.39 is 32.6 Å². The van der Waals surface area contributed by atoms with E-state index in [9.17, 15) is 26.4 Å². The van der Waals surface area contributed by atoms with Crippen LogP contribution in [0.4, 0.5) is 13.2 Å². The van der Waals surface area contributed by atoms with Gasteiger partial charge in [-0.3, -0.25) is 9.48 Å². The molecule has 1 aromatic heterocycles. The van der Waals surface area contributed by atoms with Crippen molar-refractivity contribution in [3.63, 3.8) is 0 Å². The largest absolute Gasteiger partial charge is 0.454 e. The molecule has 0 amide bonds. The minimum Gasteiger partial charge on any atom is -0.284 e. The van der Waals surface area contributed by atoms with Crippen LogP contribution in [0.3, 0.4) is 0 Å². The van der Waals surface area contributed by atoms with E-state index in [4.69, 9.17) is 0 Å². The van der Waals surface area contributed by atoms with Crippen LogP contribution in [0, 0.1) is 0 Å². The number of ketones is 1. The molecule has 1 aromatic rings. The fraction of sp³-hybridized carbons (Fsp3) is 0.600. The monoisotopic (exact) mass is 298 g/mol. The number of aromatic nitrogens is 2. The summed E-state index contributed by atoms with van der Waals surface area (Å²) in [6.07, 6.45) is -3.29. The first kappa shape index (κ1) is 15.7. The van der Waals surface area contributed by atoms with Gasteiger partial charge in [-0.2, -0.15) is 18.3 Å². The normalized spacial score (nSPS) is 12.9. The third-order valence-electron chi connectivity index (χ3n) is 2.48. The maximum atomic E-state index is 12.1. The number of aryl methyl sites for hydroxylation is 1. The highest BCUT2D eigenvalue weighted by atomic mass is 32.2. The summed E-state index contributed by atoms with van der Waals surface area (Å²) >= 11 is 0. The van der Waals surface area contributed by atoms with Gasteiger partial charge in [0.2, 0.25) is 0 Å². The zero-order chi connectivity index (χ0) is 14.8. The average molecular weight is 298 g/mol. The van der Waals surface area contributed by atoms with Crippen LogP contribution in [0.15, 0.2) is 12.4 Å². The lowest BCUT2D eigenvalue weighted by atomic mass is 10.2. The summed E-state index contributed by atoms with van der Waals surface area (Å²) in [5, 5.41) is 2.97. The van der Waals surface area contributed by atoms with Gasteiger partial charge in [0.05, 0.1) is 29.3 Å². The first-order valence-electron chi connectivity index (χ1n) is 5.39. The maximum Gasteiger partial charge on any atom is 0.454 e. The van der Waals surface area contributed by atoms with Crippen LogP contribution in [0.25, 0.3) is 0 Å². The molecule has 0 fully saturated rings. The van der Waals surface area contributed by atoms with Crippen LogP contribution in [-0.2, 0) is 16.4 Å². The van der Waals surface area contributed by atoms with E-state index in [1.54, 1.807) is 0 Å². The zero-order valence-corrected chi connectivity index (χ0v) is 11.1. The smallest absolute Gasteiger partial charge is 0.284 e. The van der Waals surface area contributed by atoms with E-state index in [0.717, 1.165) is 17.1 Å². The van der Waals surface area contributed by atoms with Gasteiger partial charge in [-0.1, -0.05) is 0 Å². The highest BCUT2D eigenvalue weighted by Gasteiger charge is 2.39. The predicted molar refractivity (Wildman–Crippen MR) is 61.5 cm³/mol. The minimum atomic E-state index is -4.96. The molecule has 1 rings (SSSR count). The van der Waals surface area contributed by atoms with Crippen molar-refractivity contribution < 1.29 is 26.4 Å². The molecular weight excluding hydrogens is 285 g/mol. The van der Waals surface area contributed by atoms with Crippen molar-refractivity contribution in [2.75, 3.05) is 5.75 Å². The standard InChI is InChI=1S/C10H13F3N2O3S/c1-7(2)19(17,18)4-3-15-6-8(5-14-15)9(16)10(11,12)13/h5-7H,3-4H2,1-2H3. The van der Waals surface area contributed by atoms with Crippen molar-refractivity contribution in [2.45, 2.75) is 31.8 Å². The fourth-order valence-electron chi connectivity index (χ4n) is 1.22. The van der Waals surface area contributed by atoms with Gasteiger partial charge in [-0.15, -0.1) is 0 Å². The summed E-state index contributed by atoms with van der Waals surface area (Å²) in [5.41, 5.74) is -0.602. The summed E-state index contributed by atoms with van der Waals surface area (Å²) in [6, 6.07) is 0. The van der Waals surface area contributed by atoms with Crippen molar-refractivity contribution in [3.05, 3.63) is 18.0 Å². The van der Waals surface area contributed by atoms with Gasteiger partial charge in [0, 0.05) is 6.20 Å². The molecule has 0 saturated carbocycles. The van der Waals surface area contributed by atoms with E-state index >= 15 is 0 Å². The molecular formula is C10H13F3N2O3S. The lowest BCUT2D eigenvalue weighted by Gasteiger charge is -2.07.